The van der Waals surface area contributed by atoms with Gasteiger partial charge < -0.3 is 9.47 Å². The minimum Gasteiger partial charge on any atom is -0.462 e. The van der Waals surface area contributed by atoms with Crippen LogP contribution in [0.1, 0.15) is 25.0 Å². The second-order valence-corrected chi connectivity index (χ2v) is 4.96. The van der Waals surface area contributed by atoms with Crippen LogP contribution < -0.4 is 4.74 Å². The van der Waals surface area contributed by atoms with Crippen molar-refractivity contribution in [3.8, 4) is 5.75 Å². The number of fused-ring (bicyclic) bond motifs is 1. The summed E-state index contributed by atoms with van der Waals surface area (Å²) in [7, 11) is 5.69. The maximum absolute atomic E-state index is 5.77. The third-order valence-corrected chi connectivity index (χ3v) is 2.81. The molecule has 1 aromatic rings. The van der Waals surface area contributed by atoms with Gasteiger partial charge in [0, 0.05) is 23.9 Å². The molecular weight excluding hydrogens is 255 g/mol. The van der Waals surface area contributed by atoms with Crippen LogP contribution in [-0.4, -0.2) is 13.6 Å². The van der Waals surface area contributed by atoms with Gasteiger partial charge in [0.15, 0.2) is 0 Å². The molecule has 0 atom stereocenters. The normalized spacial score (nSPS) is 18.1. The minimum absolute atomic E-state index is 0.470. The number of halogens is 1. The Morgan fingerprint density at radius 1 is 1.47 bits per heavy atom. The summed E-state index contributed by atoms with van der Waals surface area (Å²) < 4.78 is 12.3. The molecular formula is C11H12BBrO2. The Labute approximate surface area is 99.5 Å². The fourth-order valence-corrected chi connectivity index (χ4v) is 2.18. The van der Waals surface area contributed by atoms with E-state index in [1.54, 1.807) is 0 Å². The van der Waals surface area contributed by atoms with Crippen LogP contribution in [0.4, 0.5) is 0 Å². The van der Waals surface area contributed by atoms with E-state index < -0.39 is 5.79 Å². The van der Waals surface area contributed by atoms with E-state index >= 15 is 0 Å². The molecule has 2 rings (SSSR count). The molecule has 4 heteroatoms. The first-order valence-electron chi connectivity index (χ1n) is 4.86. The molecule has 0 aromatic heterocycles. The number of hydrogen-bond acceptors (Lipinski definition) is 2. The molecule has 1 aliphatic rings. The molecule has 2 radical (unpaired) electrons. The summed E-state index contributed by atoms with van der Waals surface area (Å²) in [6.45, 7) is 4.37. The van der Waals surface area contributed by atoms with E-state index in [-0.39, 0.29) is 0 Å². The van der Waals surface area contributed by atoms with E-state index in [0.29, 0.717) is 12.9 Å². The lowest BCUT2D eigenvalue weighted by atomic mass is 9.94. The third-order valence-electron chi connectivity index (χ3n) is 2.35. The predicted molar refractivity (Wildman–Crippen MR) is 63.1 cm³/mol. The highest BCUT2D eigenvalue weighted by atomic mass is 79.9. The van der Waals surface area contributed by atoms with Crippen LogP contribution in [0.5, 0.6) is 5.75 Å². The van der Waals surface area contributed by atoms with Gasteiger partial charge in [0.1, 0.15) is 5.75 Å². The molecule has 0 aliphatic carbocycles. The van der Waals surface area contributed by atoms with E-state index in [9.17, 15) is 0 Å². The first kappa shape index (κ1) is 11.0. The topological polar surface area (TPSA) is 18.5 Å². The lowest BCUT2D eigenvalue weighted by Crippen LogP contribution is -2.35. The molecule has 0 bridgehead atoms. The van der Waals surface area contributed by atoms with E-state index in [0.717, 1.165) is 21.3 Å². The summed E-state index contributed by atoms with van der Waals surface area (Å²) in [4.78, 5) is 0. The average Bonchev–Trinajstić information content (AvgIpc) is 2.17. The second-order valence-electron chi connectivity index (χ2n) is 4.05. The average molecular weight is 267 g/mol. The van der Waals surface area contributed by atoms with Crippen LogP contribution in [0.2, 0.25) is 0 Å². The third kappa shape index (κ3) is 2.21. The standard InChI is InChI=1S/C11H12BBrO2/c1-11(2)14-6-8-4-9(13)3-7(5-12)10(8)15-11/h3-4H,5-6H2,1-2H3. The van der Waals surface area contributed by atoms with Crippen LogP contribution >= 0.6 is 15.9 Å². The summed E-state index contributed by atoms with van der Waals surface area (Å²) >= 11 is 3.44. The number of rotatable bonds is 1. The zero-order chi connectivity index (χ0) is 11.1. The van der Waals surface area contributed by atoms with Gasteiger partial charge >= 0.3 is 0 Å². The summed E-state index contributed by atoms with van der Waals surface area (Å²) in [6, 6.07) is 3.99. The van der Waals surface area contributed by atoms with E-state index in [1.165, 1.54) is 0 Å². The van der Waals surface area contributed by atoms with Crippen molar-refractivity contribution in [2.24, 2.45) is 0 Å². The Kier molecular flexibility index (Phi) is 2.82. The molecule has 0 spiro atoms. The van der Waals surface area contributed by atoms with E-state index in [1.807, 2.05) is 26.0 Å². The van der Waals surface area contributed by atoms with Gasteiger partial charge in [-0.15, -0.1) is 0 Å². The molecule has 78 valence electrons. The van der Waals surface area contributed by atoms with Gasteiger partial charge in [0.05, 0.1) is 14.5 Å². The smallest absolute Gasteiger partial charge is 0.205 e. The van der Waals surface area contributed by atoms with Crippen molar-refractivity contribution in [1.29, 1.82) is 0 Å². The lowest BCUT2D eigenvalue weighted by Gasteiger charge is -2.34. The predicted octanol–water partition coefficient (Wildman–Crippen LogP) is 2.76. The van der Waals surface area contributed by atoms with Crippen molar-refractivity contribution in [2.75, 3.05) is 0 Å². The lowest BCUT2D eigenvalue weighted by molar-refractivity contribution is -0.180. The fourth-order valence-electron chi connectivity index (χ4n) is 1.63. The molecule has 15 heavy (non-hydrogen) atoms. The summed E-state index contributed by atoms with van der Waals surface area (Å²) in [5.41, 5.74) is 2.06. The largest absolute Gasteiger partial charge is 0.462 e. The Hall–Kier alpha value is -0.475. The second kappa shape index (κ2) is 3.83. The maximum atomic E-state index is 5.77. The highest BCUT2D eigenvalue weighted by Crippen LogP contribution is 2.36. The summed E-state index contributed by atoms with van der Waals surface area (Å²) in [6.07, 6.45) is 0.470. The Morgan fingerprint density at radius 2 is 2.20 bits per heavy atom. The Bertz CT molecular complexity index is 373. The monoisotopic (exact) mass is 266 g/mol. The van der Waals surface area contributed by atoms with Gasteiger partial charge in [-0.1, -0.05) is 22.3 Å². The van der Waals surface area contributed by atoms with Gasteiger partial charge in [-0.3, -0.25) is 0 Å². The molecule has 1 aromatic carbocycles. The SMILES string of the molecule is [B]Cc1cc(Br)cc2c1OC(C)(C)OC2. The minimum atomic E-state index is -0.565. The van der Waals surface area contributed by atoms with Crippen LogP contribution in [0.3, 0.4) is 0 Å². The highest BCUT2D eigenvalue weighted by molar-refractivity contribution is 9.10. The number of hydrogen-bond donors (Lipinski definition) is 0. The Morgan fingerprint density at radius 3 is 2.87 bits per heavy atom. The van der Waals surface area contributed by atoms with Gasteiger partial charge in [0.25, 0.3) is 0 Å². The first-order chi connectivity index (χ1) is 7.02. The van der Waals surface area contributed by atoms with Crippen molar-refractivity contribution >= 4 is 23.8 Å². The quantitative estimate of drug-likeness (QED) is 0.728. The first-order valence-corrected chi connectivity index (χ1v) is 5.65. The van der Waals surface area contributed by atoms with Crippen molar-refractivity contribution in [3.63, 3.8) is 0 Å². The van der Waals surface area contributed by atoms with Gasteiger partial charge in [-0.2, -0.15) is 0 Å². The molecule has 1 aliphatic heterocycles. The van der Waals surface area contributed by atoms with Crippen LogP contribution in [-0.2, 0) is 17.7 Å². The zero-order valence-electron chi connectivity index (χ0n) is 8.84. The summed E-state index contributed by atoms with van der Waals surface area (Å²) in [5, 5.41) is 0. The van der Waals surface area contributed by atoms with Gasteiger partial charge in [-0.05, 0) is 17.7 Å². The molecule has 2 nitrogen and oxygen atoms in total. The number of ether oxygens (including phenoxy) is 2. The van der Waals surface area contributed by atoms with Crippen molar-refractivity contribution in [2.45, 2.75) is 32.6 Å². The van der Waals surface area contributed by atoms with Crippen molar-refractivity contribution < 1.29 is 9.47 Å². The molecule has 1 heterocycles. The fraction of sp³-hybridized carbons (Fsp3) is 0.455. The summed E-state index contributed by atoms with van der Waals surface area (Å²) in [5.74, 6) is 0.307. The molecule has 0 amide bonds. The van der Waals surface area contributed by atoms with Gasteiger partial charge in [0.2, 0.25) is 5.79 Å². The van der Waals surface area contributed by atoms with E-state index in [4.69, 9.17) is 17.3 Å². The van der Waals surface area contributed by atoms with E-state index in [2.05, 4.69) is 15.9 Å². The van der Waals surface area contributed by atoms with Crippen LogP contribution in [0.15, 0.2) is 16.6 Å². The molecule has 0 N–H and O–H groups in total. The van der Waals surface area contributed by atoms with Crippen LogP contribution in [0.25, 0.3) is 0 Å². The van der Waals surface area contributed by atoms with Gasteiger partial charge in [-0.25, -0.2) is 0 Å². The Balaban J connectivity index is 2.48. The van der Waals surface area contributed by atoms with Crippen molar-refractivity contribution in [1.82, 2.24) is 0 Å². The molecule has 0 unspecified atom stereocenters. The zero-order valence-corrected chi connectivity index (χ0v) is 10.4. The van der Waals surface area contributed by atoms with Crippen molar-refractivity contribution in [3.05, 3.63) is 27.7 Å². The molecule has 0 saturated heterocycles. The van der Waals surface area contributed by atoms with Crippen LogP contribution in [0, 0.1) is 0 Å². The number of benzene rings is 1. The highest BCUT2D eigenvalue weighted by Gasteiger charge is 2.28. The molecule has 0 saturated carbocycles. The molecule has 0 fully saturated rings. The maximum Gasteiger partial charge on any atom is 0.205 e.